The Morgan fingerprint density at radius 2 is 1.77 bits per heavy atom. The van der Waals surface area contributed by atoms with E-state index in [0.29, 0.717) is 42.6 Å². The van der Waals surface area contributed by atoms with Crippen molar-refractivity contribution < 1.29 is 37.5 Å². The van der Waals surface area contributed by atoms with Crippen molar-refractivity contribution in [1.82, 2.24) is 24.3 Å². The van der Waals surface area contributed by atoms with E-state index in [4.69, 9.17) is 30.5 Å². The summed E-state index contributed by atoms with van der Waals surface area (Å²) in [5.41, 5.74) is 3.21. The van der Waals surface area contributed by atoms with E-state index in [1.165, 1.54) is 40.9 Å². The highest BCUT2D eigenvalue weighted by Crippen LogP contribution is 2.47. The topological polar surface area (TPSA) is 168 Å². The Kier molecular flexibility index (Phi) is 11.5. The number of anilines is 1. The molecule has 8 rings (SSSR count). The number of fused-ring (bicyclic) bond motifs is 4. The number of halogens is 1. The predicted molar refractivity (Wildman–Crippen MR) is 225 cm³/mol. The molecule has 2 amide bonds. The Bertz CT molecular complexity index is 2490. The molecular weight excluding hydrogens is 810 g/mol. The van der Waals surface area contributed by atoms with Gasteiger partial charge in [-0.3, -0.25) is 23.7 Å². The molecule has 1 N–H and O–H groups in total. The van der Waals surface area contributed by atoms with Crippen molar-refractivity contribution in [2.24, 2.45) is 36.2 Å². The second kappa shape index (κ2) is 16.6. The van der Waals surface area contributed by atoms with Gasteiger partial charge in [0.05, 0.1) is 32.3 Å². The third-order valence-corrected chi connectivity index (χ3v) is 14.4. The average Bonchev–Trinajstić information content (AvgIpc) is 3.74. The number of rotatable bonds is 6. The first kappa shape index (κ1) is 41.4. The van der Waals surface area contributed by atoms with Gasteiger partial charge in [-0.2, -0.15) is 0 Å². The van der Waals surface area contributed by atoms with Gasteiger partial charge in [0.25, 0.3) is 11.8 Å². The smallest absolute Gasteiger partial charge is 0.345 e. The van der Waals surface area contributed by atoms with Gasteiger partial charge in [-0.15, -0.1) is 14.6 Å². The van der Waals surface area contributed by atoms with Crippen LogP contribution in [-0.4, -0.2) is 87.3 Å². The summed E-state index contributed by atoms with van der Waals surface area (Å²) in [4.78, 5) is 44.0. The molecule has 17 heteroatoms. The summed E-state index contributed by atoms with van der Waals surface area (Å²) in [7, 11) is 2.46. The van der Waals surface area contributed by atoms with Crippen molar-refractivity contribution in [2.45, 2.75) is 57.0 Å². The molecule has 2 aliphatic carbocycles. The monoisotopic (exact) mass is 859 g/mol. The lowest BCUT2D eigenvalue weighted by Gasteiger charge is -2.46. The van der Waals surface area contributed by atoms with Crippen LogP contribution in [0, 0.1) is 17.8 Å². The van der Waals surface area contributed by atoms with Crippen LogP contribution < -0.4 is 23.8 Å². The number of nitrogens with one attached hydrogen (secondary N) is 1. The Hall–Kier alpha value is -5.35. The van der Waals surface area contributed by atoms with Crippen LogP contribution in [0.4, 0.5) is 5.69 Å². The molecule has 6 atom stereocenters. The lowest BCUT2D eigenvalue weighted by atomic mass is 9.68. The molecule has 318 valence electrons. The minimum absolute atomic E-state index is 0.0325. The molecule has 4 aromatic rings. The largest absolute Gasteiger partial charge is 0.490 e. The van der Waals surface area contributed by atoms with Crippen LogP contribution in [0.5, 0.6) is 17.5 Å². The molecule has 60 heavy (non-hydrogen) atoms. The van der Waals surface area contributed by atoms with Crippen LogP contribution >= 0.6 is 11.6 Å². The van der Waals surface area contributed by atoms with E-state index < -0.39 is 33.8 Å². The number of benzene rings is 2. The Balaban J connectivity index is 1.21. The number of hydrogen-bond acceptors (Lipinski definition) is 11. The lowest BCUT2D eigenvalue weighted by molar-refractivity contribution is -0.00230. The number of ether oxygens (including phenoxy) is 4. The molecular formula is C43H50ClN7O8S. The van der Waals surface area contributed by atoms with Crippen molar-refractivity contribution in [3.05, 3.63) is 93.8 Å². The Labute approximate surface area is 354 Å². The summed E-state index contributed by atoms with van der Waals surface area (Å²) in [5, 5.41) is 9.10. The summed E-state index contributed by atoms with van der Waals surface area (Å²) < 4.78 is 48.3. The van der Waals surface area contributed by atoms with Crippen molar-refractivity contribution in [1.29, 1.82) is 0 Å². The molecule has 1 spiro atoms. The third kappa shape index (κ3) is 8.23. The summed E-state index contributed by atoms with van der Waals surface area (Å²) >= 11 is 6.50. The molecule has 2 aromatic heterocycles. The van der Waals surface area contributed by atoms with Crippen molar-refractivity contribution in [3.63, 3.8) is 0 Å². The van der Waals surface area contributed by atoms with Crippen molar-refractivity contribution >= 4 is 45.0 Å². The standard InChI is InChI=1S/C43H50ClN7O8S/c1-26-8-6-10-36(59-42(54)33-22-50(3)46-41(33)57-5)31-14-11-29(31)20-51-24-43(17-7-9-27-18-30(44)13-15-34(27)43)25-58-37-16-12-28(19-35(37)51)38(52)47-60(55,23-26)48-39(53)32-21-49(2)45-40(32)56-4/h6,10,12-13,15-16,18-19,21-22,26,29,31,36H,7-9,11,14,17,20,23-25H2,1-5H3,(H,47,48,52,53,55)/b10-6+/t26-,29-,31+,36-,43-,60-/m0/s1. The third-order valence-electron chi connectivity index (χ3n) is 12.2. The van der Waals surface area contributed by atoms with Crippen LogP contribution in [-0.2, 0) is 40.6 Å². The van der Waals surface area contributed by atoms with Crippen molar-refractivity contribution in [3.8, 4) is 17.5 Å². The van der Waals surface area contributed by atoms with Crippen molar-refractivity contribution in [2.75, 3.05) is 44.6 Å². The maximum absolute atomic E-state index is 14.8. The van der Waals surface area contributed by atoms with Gasteiger partial charge in [-0.25, -0.2) is 9.00 Å². The highest BCUT2D eigenvalue weighted by atomic mass is 35.5. The van der Waals surface area contributed by atoms with Crippen LogP contribution in [0.15, 0.2) is 65.3 Å². The summed E-state index contributed by atoms with van der Waals surface area (Å²) in [6.07, 6.45) is 11.1. The molecule has 1 saturated carbocycles. The Morgan fingerprint density at radius 1 is 1.02 bits per heavy atom. The number of carbonyl (C=O) groups excluding carboxylic acids is 3. The first-order valence-electron chi connectivity index (χ1n) is 20.2. The number of nitrogens with zero attached hydrogens (tertiary/aromatic N) is 6. The highest BCUT2D eigenvalue weighted by molar-refractivity contribution is 7.92. The van der Waals surface area contributed by atoms with Crippen LogP contribution in [0.3, 0.4) is 0 Å². The SMILES string of the molecule is COc1nn(C)cc1C(=O)N[S@@]1(=O)=NC(=O)c2ccc3c(c2)N(C[C@@H]2CC[C@H]2[C@@H](OC(=O)c2cn(C)nc2OC)/C=C/C[C@H](C)C1)C[C@@]1(CCCc2cc(Cl)ccc21)CO3. The molecule has 0 radical (unpaired) electrons. The van der Waals surface area contributed by atoms with Crippen LogP contribution in [0.2, 0.25) is 5.02 Å². The van der Waals surface area contributed by atoms with E-state index in [1.54, 1.807) is 38.5 Å². The van der Waals surface area contributed by atoms with Crippen LogP contribution in [0.1, 0.15) is 81.2 Å². The van der Waals surface area contributed by atoms with Gasteiger partial charge in [-0.1, -0.05) is 30.7 Å². The van der Waals surface area contributed by atoms with E-state index in [2.05, 4.69) is 36.3 Å². The predicted octanol–water partition coefficient (Wildman–Crippen LogP) is 6.10. The zero-order chi connectivity index (χ0) is 42.3. The minimum Gasteiger partial charge on any atom is -0.490 e. The van der Waals surface area contributed by atoms with E-state index in [0.717, 1.165) is 32.1 Å². The molecule has 2 aromatic carbocycles. The highest BCUT2D eigenvalue weighted by Gasteiger charge is 2.45. The van der Waals surface area contributed by atoms with Gasteiger partial charge >= 0.3 is 5.97 Å². The zero-order valence-electron chi connectivity index (χ0n) is 34.4. The molecule has 15 nitrogen and oxygen atoms in total. The van der Waals surface area contributed by atoms with E-state index in [1.807, 2.05) is 25.1 Å². The minimum atomic E-state index is -3.73. The molecule has 0 saturated heterocycles. The van der Waals surface area contributed by atoms with Gasteiger partial charge in [0.2, 0.25) is 11.8 Å². The van der Waals surface area contributed by atoms with E-state index >= 15 is 0 Å². The number of hydrogen-bond donors (Lipinski definition) is 1. The maximum Gasteiger partial charge on any atom is 0.345 e. The normalized spacial score (nSPS) is 26.9. The van der Waals surface area contributed by atoms with Gasteiger partial charge in [-0.05, 0) is 97.9 Å². The fourth-order valence-corrected chi connectivity index (χ4v) is 11.2. The molecule has 2 aliphatic heterocycles. The summed E-state index contributed by atoms with van der Waals surface area (Å²) in [5.74, 6) is -1.59. The molecule has 0 unspecified atom stereocenters. The first-order valence-corrected chi connectivity index (χ1v) is 22.3. The first-order chi connectivity index (χ1) is 28.8. The number of methoxy groups -OCH3 is 2. The molecule has 4 aliphatic rings. The summed E-state index contributed by atoms with van der Waals surface area (Å²) in [6, 6.07) is 11.3. The fourth-order valence-electron chi connectivity index (χ4n) is 9.16. The van der Waals surface area contributed by atoms with Gasteiger partial charge < -0.3 is 23.8 Å². The maximum atomic E-state index is 14.8. The van der Waals surface area contributed by atoms with Gasteiger partial charge in [0.1, 0.15) is 32.9 Å². The van der Waals surface area contributed by atoms with E-state index in [-0.39, 0.29) is 57.4 Å². The number of carbonyl (C=O) groups is 3. The fraction of sp³-hybridized carbons (Fsp3) is 0.465. The second-order valence-electron chi connectivity index (χ2n) is 16.5. The van der Waals surface area contributed by atoms with E-state index in [9.17, 15) is 18.6 Å². The summed E-state index contributed by atoms with van der Waals surface area (Å²) in [6.45, 7) is 3.47. The number of esters is 1. The molecule has 2 bridgehead atoms. The zero-order valence-corrected chi connectivity index (χ0v) is 36.0. The second-order valence-corrected chi connectivity index (χ2v) is 19.0. The van der Waals surface area contributed by atoms with Crippen LogP contribution in [0.25, 0.3) is 0 Å². The molecule has 4 heterocycles. The number of amides is 2. The number of aromatic nitrogens is 4. The Morgan fingerprint density at radius 3 is 2.50 bits per heavy atom. The average molecular weight is 860 g/mol. The lowest BCUT2D eigenvalue weighted by Crippen LogP contribution is -2.50. The van der Waals surface area contributed by atoms with Gasteiger partial charge in [0.15, 0.2) is 0 Å². The molecule has 1 fully saturated rings. The quantitative estimate of drug-likeness (QED) is 0.176. The van der Waals surface area contributed by atoms with Gasteiger partial charge in [0, 0.05) is 61.5 Å². The number of allylic oxidation sites excluding steroid dienone is 1. The number of aryl methyl sites for hydroxylation is 3.